The summed E-state index contributed by atoms with van der Waals surface area (Å²) in [4.78, 5) is 13.6. The number of halogens is 1. The fourth-order valence-electron chi connectivity index (χ4n) is 3.20. The molecule has 2 atom stereocenters. The second-order valence-electron chi connectivity index (χ2n) is 5.38. The Bertz CT molecular complexity index is 430. The first kappa shape index (κ1) is 12.2. The molecule has 0 aromatic carbocycles. The highest BCUT2D eigenvalue weighted by atomic mass is 35.5. The van der Waals surface area contributed by atoms with Gasteiger partial charge >= 0.3 is 0 Å². The van der Waals surface area contributed by atoms with E-state index in [0.29, 0.717) is 11.2 Å². The Morgan fingerprint density at radius 3 is 2.78 bits per heavy atom. The average Bonchev–Trinajstić information content (AvgIpc) is 2.51. The summed E-state index contributed by atoms with van der Waals surface area (Å²) in [5.41, 5.74) is 0. The molecule has 0 spiro atoms. The molecule has 2 unspecified atom stereocenters. The van der Waals surface area contributed by atoms with Crippen molar-refractivity contribution in [1.82, 2.24) is 14.9 Å². The van der Waals surface area contributed by atoms with Crippen LogP contribution in [-0.4, -0.2) is 47.1 Å². The van der Waals surface area contributed by atoms with E-state index in [1.54, 1.807) is 0 Å². The van der Waals surface area contributed by atoms with Crippen molar-refractivity contribution in [3.05, 3.63) is 17.0 Å². The number of aromatic nitrogens is 2. The van der Waals surface area contributed by atoms with E-state index < -0.39 is 0 Å². The smallest absolute Gasteiger partial charge is 0.134 e. The minimum Gasteiger partial charge on any atom is -0.355 e. The van der Waals surface area contributed by atoms with Gasteiger partial charge in [-0.05, 0) is 33.2 Å². The van der Waals surface area contributed by atoms with Crippen molar-refractivity contribution >= 4 is 17.4 Å². The number of rotatable bonds is 1. The van der Waals surface area contributed by atoms with Gasteiger partial charge in [0.25, 0.3) is 0 Å². The highest BCUT2D eigenvalue weighted by molar-refractivity contribution is 6.29. The molecule has 0 aliphatic carbocycles. The largest absolute Gasteiger partial charge is 0.355 e. The molecule has 0 radical (unpaired) electrons. The molecule has 2 aliphatic rings. The summed E-state index contributed by atoms with van der Waals surface area (Å²) in [6.07, 6.45) is 3.86. The van der Waals surface area contributed by atoms with Gasteiger partial charge in [-0.3, -0.25) is 4.90 Å². The molecule has 4 nitrogen and oxygen atoms in total. The van der Waals surface area contributed by atoms with Crippen LogP contribution in [0.1, 0.15) is 25.1 Å². The van der Waals surface area contributed by atoms with Crippen molar-refractivity contribution < 1.29 is 0 Å². The van der Waals surface area contributed by atoms with Crippen molar-refractivity contribution in [2.75, 3.05) is 25.0 Å². The zero-order chi connectivity index (χ0) is 12.7. The molecule has 2 fully saturated rings. The van der Waals surface area contributed by atoms with Crippen molar-refractivity contribution in [3.8, 4) is 0 Å². The first-order valence-corrected chi connectivity index (χ1v) is 6.99. The zero-order valence-corrected chi connectivity index (χ0v) is 11.7. The molecule has 1 aromatic heterocycles. The molecule has 3 heterocycles. The molecule has 98 valence electrons. The second kappa shape index (κ2) is 4.67. The first-order valence-electron chi connectivity index (χ1n) is 6.61. The Morgan fingerprint density at radius 1 is 1.22 bits per heavy atom. The maximum Gasteiger partial charge on any atom is 0.134 e. The van der Waals surface area contributed by atoms with Crippen LogP contribution in [0.15, 0.2) is 6.07 Å². The molecule has 18 heavy (non-hydrogen) atoms. The average molecular weight is 267 g/mol. The van der Waals surface area contributed by atoms with Gasteiger partial charge in [0.15, 0.2) is 0 Å². The molecule has 0 saturated carbocycles. The molecule has 2 aliphatic heterocycles. The fourth-order valence-corrected chi connectivity index (χ4v) is 3.42. The van der Waals surface area contributed by atoms with E-state index in [2.05, 4.69) is 26.8 Å². The first-order chi connectivity index (χ1) is 8.63. The van der Waals surface area contributed by atoms with Crippen LogP contribution < -0.4 is 4.90 Å². The summed E-state index contributed by atoms with van der Waals surface area (Å²) < 4.78 is 0. The lowest BCUT2D eigenvalue weighted by atomic mass is 10.1. The van der Waals surface area contributed by atoms with Crippen LogP contribution in [0, 0.1) is 6.92 Å². The van der Waals surface area contributed by atoms with Gasteiger partial charge in [-0.1, -0.05) is 11.6 Å². The molecule has 2 saturated heterocycles. The number of hydrogen-bond donors (Lipinski definition) is 0. The van der Waals surface area contributed by atoms with Crippen LogP contribution in [0.2, 0.25) is 5.15 Å². The maximum absolute atomic E-state index is 6.03. The van der Waals surface area contributed by atoms with Crippen LogP contribution >= 0.6 is 11.6 Å². The quantitative estimate of drug-likeness (QED) is 0.729. The summed E-state index contributed by atoms with van der Waals surface area (Å²) in [7, 11) is 2.25. The van der Waals surface area contributed by atoms with Crippen molar-refractivity contribution in [1.29, 1.82) is 0 Å². The fraction of sp³-hybridized carbons (Fsp3) is 0.692. The van der Waals surface area contributed by atoms with Gasteiger partial charge < -0.3 is 4.90 Å². The number of nitrogens with zero attached hydrogens (tertiary/aromatic N) is 4. The van der Waals surface area contributed by atoms with Crippen LogP contribution in [0.3, 0.4) is 0 Å². The third-order valence-electron chi connectivity index (χ3n) is 4.27. The Kier molecular flexibility index (Phi) is 3.16. The number of hydrogen-bond acceptors (Lipinski definition) is 4. The highest BCUT2D eigenvalue weighted by Crippen LogP contribution is 2.30. The standard InChI is InChI=1S/C13H19ClN4/c1-9-15-12(14)7-13(16-9)18-6-5-10-3-4-11(8-18)17(10)2/h7,10-11H,3-6,8H2,1-2H3. The number of likely N-dealkylation sites (N-methyl/N-ethyl adjacent to an activating group) is 1. The third kappa shape index (κ3) is 2.19. The molecule has 0 amide bonds. The topological polar surface area (TPSA) is 32.3 Å². The maximum atomic E-state index is 6.03. The van der Waals surface area contributed by atoms with E-state index in [4.69, 9.17) is 11.6 Å². The van der Waals surface area contributed by atoms with Gasteiger partial charge in [0.1, 0.15) is 16.8 Å². The molecule has 3 rings (SSSR count). The van der Waals surface area contributed by atoms with Crippen molar-refractivity contribution in [2.24, 2.45) is 0 Å². The van der Waals surface area contributed by atoms with Crippen LogP contribution in [-0.2, 0) is 0 Å². The zero-order valence-electron chi connectivity index (χ0n) is 10.9. The Balaban J connectivity index is 1.84. The molecular formula is C13H19ClN4. The Hall–Kier alpha value is -0.870. The summed E-state index contributed by atoms with van der Waals surface area (Å²) in [5.74, 6) is 1.73. The van der Waals surface area contributed by atoms with Gasteiger partial charge in [-0.2, -0.15) is 0 Å². The van der Waals surface area contributed by atoms with Crippen LogP contribution in [0.4, 0.5) is 5.82 Å². The lowest BCUT2D eigenvalue weighted by molar-refractivity contribution is 0.254. The lowest BCUT2D eigenvalue weighted by Gasteiger charge is -2.26. The van der Waals surface area contributed by atoms with E-state index >= 15 is 0 Å². The summed E-state index contributed by atoms with van der Waals surface area (Å²) in [5, 5.41) is 0.542. The summed E-state index contributed by atoms with van der Waals surface area (Å²) in [6, 6.07) is 3.29. The minimum atomic E-state index is 0.542. The van der Waals surface area contributed by atoms with Gasteiger partial charge in [0, 0.05) is 31.2 Å². The summed E-state index contributed by atoms with van der Waals surface area (Å²) in [6.45, 7) is 4.02. The van der Waals surface area contributed by atoms with Gasteiger partial charge in [0.2, 0.25) is 0 Å². The molecule has 0 N–H and O–H groups in total. The lowest BCUT2D eigenvalue weighted by Crippen LogP contribution is -2.37. The predicted molar refractivity (Wildman–Crippen MR) is 73.2 cm³/mol. The van der Waals surface area contributed by atoms with Crippen molar-refractivity contribution in [3.63, 3.8) is 0 Å². The molecule has 5 heteroatoms. The Morgan fingerprint density at radius 2 is 2.00 bits per heavy atom. The molecule has 2 bridgehead atoms. The SMILES string of the molecule is Cc1nc(Cl)cc(N2CCC3CCC(C2)N3C)n1. The Labute approximate surface area is 113 Å². The van der Waals surface area contributed by atoms with Crippen LogP contribution in [0.25, 0.3) is 0 Å². The summed E-state index contributed by atoms with van der Waals surface area (Å²) >= 11 is 6.03. The van der Waals surface area contributed by atoms with E-state index in [1.807, 2.05) is 13.0 Å². The van der Waals surface area contributed by atoms with E-state index in [-0.39, 0.29) is 0 Å². The molecule has 1 aromatic rings. The second-order valence-corrected chi connectivity index (χ2v) is 5.77. The normalized spacial score (nSPS) is 28.5. The number of anilines is 1. The number of fused-ring (bicyclic) bond motifs is 2. The van der Waals surface area contributed by atoms with Crippen molar-refractivity contribution in [2.45, 2.75) is 38.3 Å². The number of aryl methyl sites for hydroxylation is 1. The van der Waals surface area contributed by atoms with E-state index in [0.717, 1.165) is 30.8 Å². The van der Waals surface area contributed by atoms with E-state index in [9.17, 15) is 0 Å². The van der Waals surface area contributed by atoms with E-state index in [1.165, 1.54) is 19.3 Å². The van der Waals surface area contributed by atoms with Crippen LogP contribution in [0.5, 0.6) is 0 Å². The minimum absolute atomic E-state index is 0.542. The monoisotopic (exact) mass is 266 g/mol. The van der Waals surface area contributed by atoms with Gasteiger partial charge in [-0.25, -0.2) is 9.97 Å². The van der Waals surface area contributed by atoms with Gasteiger partial charge in [-0.15, -0.1) is 0 Å². The molecular weight excluding hydrogens is 248 g/mol. The highest BCUT2D eigenvalue weighted by Gasteiger charge is 2.34. The third-order valence-corrected chi connectivity index (χ3v) is 4.46. The predicted octanol–water partition coefficient (Wildman–Crippen LogP) is 2.11. The van der Waals surface area contributed by atoms with Gasteiger partial charge in [0.05, 0.1) is 0 Å².